The van der Waals surface area contributed by atoms with Crippen molar-refractivity contribution < 1.29 is 9.53 Å². The molecular weight excluding hydrogens is 310 g/mol. The van der Waals surface area contributed by atoms with Gasteiger partial charge in [-0.1, -0.05) is 12.1 Å². The van der Waals surface area contributed by atoms with Crippen LogP contribution < -0.4 is 0 Å². The van der Waals surface area contributed by atoms with E-state index in [1.807, 2.05) is 12.1 Å². The number of hydrogen-bond donors (Lipinski definition) is 0. The molecule has 0 spiro atoms. The summed E-state index contributed by atoms with van der Waals surface area (Å²) in [5.41, 5.74) is 1.27. The van der Waals surface area contributed by atoms with Gasteiger partial charge >= 0.3 is 0 Å². The number of methoxy groups -OCH3 is 1. The SMILES string of the molecule is COCCN1CCN(Cc2cccc(SC(=O)N(C)C)c2)CC1. The van der Waals surface area contributed by atoms with Gasteiger partial charge in [-0.2, -0.15) is 0 Å². The van der Waals surface area contributed by atoms with Crippen molar-refractivity contribution >= 4 is 17.0 Å². The van der Waals surface area contributed by atoms with E-state index in [9.17, 15) is 4.79 Å². The van der Waals surface area contributed by atoms with Gasteiger partial charge in [-0.15, -0.1) is 0 Å². The standard InChI is InChI=1S/C17H27N3O2S/c1-18(2)17(21)23-16-6-4-5-15(13-16)14-20-9-7-19(8-10-20)11-12-22-3/h4-6,13H,7-12,14H2,1-3H3. The predicted molar refractivity (Wildman–Crippen MR) is 95.0 cm³/mol. The largest absolute Gasteiger partial charge is 0.383 e. The zero-order valence-electron chi connectivity index (χ0n) is 14.3. The maximum Gasteiger partial charge on any atom is 0.285 e. The summed E-state index contributed by atoms with van der Waals surface area (Å²) in [5, 5.41) is 0.0638. The molecule has 128 valence electrons. The van der Waals surface area contributed by atoms with E-state index in [2.05, 4.69) is 21.9 Å². The van der Waals surface area contributed by atoms with E-state index < -0.39 is 0 Å². The van der Waals surface area contributed by atoms with Crippen molar-refractivity contribution in [3.05, 3.63) is 29.8 Å². The second-order valence-corrected chi connectivity index (χ2v) is 7.05. The van der Waals surface area contributed by atoms with Crippen LogP contribution in [0.15, 0.2) is 29.2 Å². The third-order valence-corrected chi connectivity index (χ3v) is 4.98. The molecule has 0 radical (unpaired) electrons. The Bertz CT molecular complexity index is 502. The Hall–Kier alpha value is -1.08. The molecule has 1 aromatic rings. The fraction of sp³-hybridized carbons (Fsp3) is 0.588. The van der Waals surface area contributed by atoms with Gasteiger partial charge < -0.3 is 9.64 Å². The molecule has 5 nitrogen and oxygen atoms in total. The molecule has 1 aromatic carbocycles. The van der Waals surface area contributed by atoms with Crippen molar-refractivity contribution in [2.24, 2.45) is 0 Å². The van der Waals surface area contributed by atoms with Crippen LogP contribution in [0.4, 0.5) is 4.79 Å². The Kier molecular flexibility index (Phi) is 7.36. The van der Waals surface area contributed by atoms with E-state index in [1.165, 1.54) is 17.3 Å². The van der Waals surface area contributed by atoms with E-state index in [1.54, 1.807) is 26.1 Å². The first kappa shape index (κ1) is 18.3. The number of nitrogens with zero attached hydrogens (tertiary/aromatic N) is 3. The Labute approximate surface area is 143 Å². The molecule has 1 amide bonds. The minimum Gasteiger partial charge on any atom is -0.383 e. The number of ether oxygens (including phenoxy) is 1. The van der Waals surface area contributed by atoms with Crippen molar-refractivity contribution in [2.75, 3.05) is 60.5 Å². The van der Waals surface area contributed by atoms with Crippen molar-refractivity contribution in [3.63, 3.8) is 0 Å². The number of benzene rings is 1. The van der Waals surface area contributed by atoms with Gasteiger partial charge in [0.25, 0.3) is 5.24 Å². The number of amides is 1. The van der Waals surface area contributed by atoms with Crippen molar-refractivity contribution in [2.45, 2.75) is 11.4 Å². The molecule has 0 saturated carbocycles. The Morgan fingerprint density at radius 2 is 1.91 bits per heavy atom. The van der Waals surface area contributed by atoms with Crippen LogP contribution in [0.2, 0.25) is 0 Å². The summed E-state index contributed by atoms with van der Waals surface area (Å²) in [7, 11) is 5.31. The molecule has 1 aliphatic rings. The third kappa shape index (κ3) is 6.14. The molecule has 23 heavy (non-hydrogen) atoms. The molecule has 2 rings (SSSR count). The smallest absolute Gasteiger partial charge is 0.285 e. The maximum absolute atomic E-state index is 11.8. The fourth-order valence-electron chi connectivity index (χ4n) is 2.55. The first-order chi connectivity index (χ1) is 11.1. The highest BCUT2D eigenvalue weighted by Crippen LogP contribution is 2.22. The van der Waals surface area contributed by atoms with Crippen molar-refractivity contribution in [1.82, 2.24) is 14.7 Å². The van der Waals surface area contributed by atoms with Crippen LogP contribution in [-0.4, -0.2) is 80.5 Å². The number of hydrogen-bond acceptors (Lipinski definition) is 5. The molecule has 0 bridgehead atoms. The summed E-state index contributed by atoms with van der Waals surface area (Å²) in [6, 6.07) is 8.30. The van der Waals surface area contributed by atoms with Crippen LogP contribution in [-0.2, 0) is 11.3 Å². The van der Waals surface area contributed by atoms with Crippen molar-refractivity contribution in [1.29, 1.82) is 0 Å². The minimum atomic E-state index is 0.0638. The average Bonchev–Trinajstić information content (AvgIpc) is 2.54. The molecular formula is C17H27N3O2S. The van der Waals surface area contributed by atoms with Gasteiger partial charge in [0.05, 0.1) is 6.61 Å². The fourth-order valence-corrected chi connectivity index (χ4v) is 3.29. The normalized spacial score (nSPS) is 16.5. The average molecular weight is 337 g/mol. The molecule has 1 fully saturated rings. The summed E-state index contributed by atoms with van der Waals surface area (Å²) in [4.78, 5) is 19.3. The van der Waals surface area contributed by atoms with Gasteiger partial charge in [-0.25, -0.2) is 0 Å². The highest BCUT2D eigenvalue weighted by molar-refractivity contribution is 8.13. The topological polar surface area (TPSA) is 36.0 Å². The highest BCUT2D eigenvalue weighted by Gasteiger charge is 2.16. The summed E-state index contributed by atoms with van der Waals surface area (Å²) in [6.07, 6.45) is 0. The van der Waals surface area contributed by atoms with Crippen LogP contribution in [0.25, 0.3) is 0 Å². The maximum atomic E-state index is 11.8. The Balaban J connectivity index is 1.83. The van der Waals surface area contributed by atoms with Gasteiger partial charge in [0.15, 0.2) is 0 Å². The number of rotatable bonds is 6. The van der Waals surface area contributed by atoms with Crippen LogP contribution >= 0.6 is 11.8 Å². The lowest BCUT2D eigenvalue weighted by Crippen LogP contribution is -2.46. The molecule has 0 aromatic heterocycles. The van der Waals surface area contributed by atoms with Crippen LogP contribution in [0.1, 0.15) is 5.56 Å². The Morgan fingerprint density at radius 3 is 2.57 bits per heavy atom. The van der Waals surface area contributed by atoms with E-state index >= 15 is 0 Å². The quantitative estimate of drug-likeness (QED) is 0.744. The zero-order valence-corrected chi connectivity index (χ0v) is 15.1. The molecule has 0 atom stereocenters. The lowest BCUT2D eigenvalue weighted by atomic mass is 10.2. The first-order valence-corrected chi connectivity index (χ1v) is 8.82. The minimum absolute atomic E-state index is 0.0638. The molecule has 0 N–H and O–H groups in total. The number of thioether (sulfide) groups is 1. The molecule has 1 saturated heterocycles. The molecule has 0 aliphatic carbocycles. The van der Waals surface area contributed by atoms with Crippen LogP contribution in [0, 0.1) is 0 Å². The molecule has 1 heterocycles. The Morgan fingerprint density at radius 1 is 1.22 bits per heavy atom. The molecule has 1 aliphatic heterocycles. The number of carbonyl (C=O) groups excluding carboxylic acids is 1. The van der Waals surface area contributed by atoms with Crippen LogP contribution in [0.3, 0.4) is 0 Å². The number of carbonyl (C=O) groups is 1. The van der Waals surface area contributed by atoms with E-state index in [4.69, 9.17) is 4.74 Å². The summed E-state index contributed by atoms with van der Waals surface area (Å²) < 4.78 is 5.14. The lowest BCUT2D eigenvalue weighted by molar-refractivity contribution is 0.0938. The van der Waals surface area contributed by atoms with Crippen LogP contribution in [0.5, 0.6) is 0 Å². The summed E-state index contributed by atoms with van der Waals surface area (Å²) in [5.74, 6) is 0. The zero-order chi connectivity index (χ0) is 16.7. The summed E-state index contributed by atoms with van der Waals surface area (Å²) in [6.45, 7) is 7.12. The van der Waals surface area contributed by atoms with Gasteiger partial charge in [0, 0.05) is 65.4 Å². The van der Waals surface area contributed by atoms with E-state index in [0.29, 0.717) is 0 Å². The third-order valence-electron chi connectivity index (χ3n) is 3.95. The van der Waals surface area contributed by atoms with E-state index in [0.717, 1.165) is 50.8 Å². The second-order valence-electron chi connectivity index (χ2n) is 6.02. The van der Waals surface area contributed by atoms with Gasteiger partial charge in [-0.05, 0) is 29.5 Å². The van der Waals surface area contributed by atoms with Crippen molar-refractivity contribution in [3.8, 4) is 0 Å². The first-order valence-electron chi connectivity index (χ1n) is 8.00. The molecule has 0 unspecified atom stereocenters. The van der Waals surface area contributed by atoms with Gasteiger partial charge in [0.2, 0.25) is 0 Å². The van der Waals surface area contributed by atoms with E-state index in [-0.39, 0.29) is 5.24 Å². The number of piperazine rings is 1. The summed E-state index contributed by atoms with van der Waals surface area (Å²) >= 11 is 1.28. The lowest BCUT2D eigenvalue weighted by Gasteiger charge is -2.34. The molecule has 6 heteroatoms. The monoisotopic (exact) mass is 337 g/mol. The predicted octanol–water partition coefficient (Wildman–Crippen LogP) is 2.22. The van der Waals surface area contributed by atoms with Gasteiger partial charge in [0.1, 0.15) is 0 Å². The highest BCUT2D eigenvalue weighted by atomic mass is 32.2. The van der Waals surface area contributed by atoms with Gasteiger partial charge in [-0.3, -0.25) is 14.6 Å². The second kappa shape index (κ2) is 9.27.